The molecule has 5 heteroatoms. The molecular weight excluding hydrogens is 264 g/mol. The first-order chi connectivity index (χ1) is 8.74. The van der Waals surface area contributed by atoms with Crippen molar-refractivity contribution in [3.63, 3.8) is 0 Å². The third-order valence-corrected chi connectivity index (χ3v) is 3.26. The Kier molecular flexibility index (Phi) is 6.12. The van der Waals surface area contributed by atoms with E-state index in [2.05, 4.69) is 0 Å². The van der Waals surface area contributed by atoms with E-state index in [-0.39, 0.29) is 18.3 Å². The average Bonchev–Trinajstić information content (AvgIpc) is 2.73. The normalized spacial score (nSPS) is 18.3. The van der Waals surface area contributed by atoms with Crippen LogP contribution in [0.1, 0.15) is 18.9 Å². The van der Waals surface area contributed by atoms with Crippen LogP contribution < -0.4 is 10.5 Å². The number of benzene rings is 1. The van der Waals surface area contributed by atoms with E-state index in [0.29, 0.717) is 32.0 Å². The molecule has 19 heavy (non-hydrogen) atoms. The lowest BCUT2D eigenvalue weighted by Gasteiger charge is -2.18. The maximum Gasteiger partial charge on any atom is 0.223 e. The van der Waals surface area contributed by atoms with Crippen LogP contribution in [0.15, 0.2) is 24.3 Å². The molecule has 106 valence electrons. The van der Waals surface area contributed by atoms with Gasteiger partial charge in [0, 0.05) is 25.1 Å². The molecule has 0 bridgehead atoms. The molecule has 0 aliphatic carbocycles. The Labute approximate surface area is 120 Å². The summed E-state index contributed by atoms with van der Waals surface area (Å²) in [6.07, 6.45) is 0.577. The Morgan fingerprint density at radius 3 is 2.79 bits per heavy atom. The van der Waals surface area contributed by atoms with Gasteiger partial charge in [0.15, 0.2) is 0 Å². The molecule has 1 heterocycles. The second-order valence-electron chi connectivity index (χ2n) is 4.62. The lowest BCUT2D eigenvalue weighted by atomic mass is 10.1. The summed E-state index contributed by atoms with van der Waals surface area (Å²) in [6, 6.07) is 7.87. The second kappa shape index (κ2) is 7.36. The predicted molar refractivity (Wildman–Crippen MR) is 77.4 cm³/mol. The zero-order chi connectivity index (χ0) is 13.0. The molecule has 1 unspecified atom stereocenters. The number of carbonyl (C=O) groups is 1. The average molecular weight is 285 g/mol. The third kappa shape index (κ3) is 3.85. The number of para-hydroxylation sites is 1. The Morgan fingerprint density at radius 1 is 1.42 bits per heavy atom. The molecule has 1 atom stereocenters. The summed E-state index contributed by atoms with van der Waals surface area (Å²) in [5.74, 6) is 1.36. The van der Waals surface area contributed by atoms with Crippen molar-refractivity contribution in [2.75, 3.05) is 19.7 Å². The fourth-order valence-corrected chi connectivity index (χ4v) is 2.30. The highest BCUT2D eigenvalue weighted by Gasteiger charge is 2.28. The largest absolute Gasteiger partial charge is 0.494 e. The minimum atomic E-state index is 0. The molecule has 0 radical (unpaired) electrons. The lowest BCUT2D eigenvalue weighted by Crippen LogP contribution is -2.26. The first-order valence-corrected chi connectivity index (χ1v) is 6.43. The summed E-state index contributed by atoms with van der Waals surface area (Å²) in [5, 5.41) is 0. The first-order valence-electron chi connectivity index (χ1n) is 6.43. The summed E-state index contributed by atoms with van der Waals surface area (Å²) in [5.41, 5.74) is 6.69. The lowest BCUT2D eigenvalue weighted by molar-refractivity contribution is -0.128. The number of amides is 1. The zero-order valence-electron chi connectivity index (χ0n) is 11.2. The van der Waals surface area contributed by atoms with Gasteiger partial charge in [0.25, 0.3) is 0 Å². The minimum Gasteiger partial charge on any atom is -0.494 e. The number of hydrogen-bond donors (Lipinski definition) is 1. The van der Waals surface area contributed by atoms with Crippen molar-refractivity contribution in [2.24, 2.45) is 11.7 Å². The van der Waals surface area contributed by atoms with Gasteiger partial charge in [0.1, 0.15) is 5.75 Å². The van der Waals surface area contributed by atoms with Crippen LogP contribution in [0.2, 0.25) is 0 Å². The van der Waals surface area contributed by atoms with Gasteiger partial charge in [-0.25, -0.2) is 0 Å². The number of nitrogens with zero attached hydrogens (tertiary/aromatic N) is 1. The van der Waals surface area contributed by atoms with E-state index < -0.39 is 0 Å². The Hall–Kier alpha value is -1.26. The number of nitrogens with two attached hydrogens (primary N) is 1. The molecule has 2 rings (SSSR count). The Bertz CT molecular complexity index is 426. The molecule has 1 fully saturated rings. The maximum absolute atomic E-state index is 11.8. The van der Waals surface area contributed by atoms with E-state index in [0.717, 1.165) is 17.9 Å². The van der Waals surface area contributed by atoms with Crippen molar-refractivity contribution in [1.29, 1.82) is 0 Å². The molecule has 0 spiro atoms. The number of rotatable bonds is 5. The number of halogens is 1. The van der Waals surface area contributed by atoms with Gasteiger partial charge < -0.3 is 15.4 Å². The van der Waals surface area contributed by atoms with Crippen LogP contribution >= 0.6 is 12.4 Å². The molecule has 2 N–H and O–H groups in total. The number of likely N-dealkylation sites (tertiary alicyclic amines) is 1. The fraction of sp³-hybridized carbons (Fsp3) is 0.500. The van der Waals surface area contributed by atoms with Crippen LogP contribution in [0, 0.1) is 5.92 Å². The number of hydrogen-bond acceptors (Lipinski definition) is 3. The highest BCUT2D eigenvalue weighted by atomic mass is 35.5. The van der Waals surface area contributed by atoms with Crippen LogP contribution in [0.3, 0.4) is 0 Å². The van der Waals surface area contributed by atoms with Crippen molar-refractivity contribution in [3.05, 3.63) is 29.8 Å². The molecule has 1 aromatic rings. The molecule has 1 aromatic carbocycles. The van der Waals surface area contributed by atoms with Crippen molar-refractivity contribution < 1.29 is 9.53 Å². The predicted octanol–water partition coefficient (Wildman–Crippen LogP) is 1.81. The highest BCUT2D eigenvalue weighted by Crippen LogP contribution is 2.24. The van der Waals surface area contributed by atoms with Crippen molar-refractivity contribution in [2.45, 2.75) is 19.9 Å². The minimum absolute atomic E-state index is 0. The second-order valence-corrected chi connectivity index (χ2v) is 4.62. The first kappa shape index (κ1) is 15.8. The SMILES string of the molecule is CCOc1ccccc1CN1CC(CN)CC1=O.Cl. The summed E-state index contributed by atoms with van der Waals surface area (Å²) in [7, 11) is 0. The van der Waals surface area contributed by atoms with E-state index in [1.807, 2.05) is 36.1 Å². The fourth-order valence-electron chi connectivity index (χ4n) is 2.30. The van der Waals surface area contributed by atoms with Gasteiger partial charge in [-0.05, 0) is 25.5 Å². The van der Waals surface area contributed by atoms with Crippen LogP contribution in [0.4, 0.5) is 0 Å². The van der Waals surface area contributed by atoms with Gasteiger partial charge in [0.05, 0.1) is 6.61 Å². The molecule has 1 amide bonds. The highest BCUT2D eigenvalue weighted by molar-refractivity contribution is 5.85. The van der Waals surface area contributed by atoms with Gasteiger partial charge in [-0.15, -0.1) is 12.4 Å². The Balaban J connectivity index is 0.00000180. The molecule has 0 saturated carbocycles. The van der Waals surface area contributed by atoms with E-state index in [1.54, 1.807) is 0 Å². The topological polar surface area (TPSA) is 55.6 Å². The van der Waals surface area contributed by atoms with E-state index in [9.17, 15) is 4.79 Å². The molecular formula is C14H21ClN2O2. The monoisotopic (exact) mass is 284 g/mol. The van der Waals surface area contributed by atoms with Crippen LogP contribution in [-0.2, 0) is 11.3 Å². The van der Waals surface area contributed by atoms with Gasteiger partial charge in [-0.2, -0.15) is 0 Å². The van der Waals surface area contributed by atoms with Crippen molar-refractivity contribution >= 4 is 18.3 Å². The Morgan fingerprint density at radius 2 is 2.16 bits per heavy atom. The number of ether oxygens (including phenoxy) is 1. The van der Waals surface area contributed by atoms with E-state index in [1.165, 1.54) is 0 Å². The van der Waals surface area contributed by atoms with Crippen LogP contribution in [-0.4, -0.2) is 30.5 Å². The number of carbonyl (C=O) groups excluding carboxylic acids is 1. The molecule has 4 nitrogen and oxygen atoms in total. The standard InChI is InChI=1S/C14H20N2O2.ClH/c1-2-18-13-6-4-3-5-12(13)10-16-9-11(8-15)7-14(16)17;/h3-6,11H,2,7-10,15H2,1H3;1H. The van der Waals surface area contributed by atoms with Crippen molar-refractivity contribution in [1.82, 2.24) is 4.90 Å². The quantitative estimate of drug-likeness (QED) is 0.897. The maximum atomic E-state index is 11.8. The molecule has 1 saturated heterocycles. The molecule has 1 aliphatic heterocycles. The van der Waals surface area contributed by atoms with Crippen LogP contribution in [0.25, 0.3) is 0 Å². The summed E-state index contributed by atoms with van der Waals surface area (Å²) >= 11 is 0. The summed E-state index contributed by atoms with van der Waals surface area (Å²) in [6.45, 7) is 4.55. The van der Waals surface area contributed by atoms with Gasteiger partial charge >= 0.3 is 0 Å². The summed E-state index contributed by atoms with van der Waals surface area (Å²) < 4.78 is 5.57. The van der Waals surface area contributed by atoms with Crippen LogP contribution in [0.5, 0.6) is 5.75 Å². The molecule has 0 aromatic heterocycles. The van der Waals surface area contributed by atoms with Crippen molar-refractivity contribution in [3.8, 4) is 5.75 Å². The summed E-state index contributed by atoms with van der Waals surface area (Å²) in [4.78, 5) is 13.7. The van der Waals surface area contributed by atoms with Gasteiger partial charge in [-0.1, -0.05) is 18.2 Å². The zero-order valence-corrected chi connectivity index (χ0v) is 12.0. The van der Waals surface area contributed by atoms with Gasteiger partial charge in [-0.3, -0.25) is 4.79 Å². The van der Waals surface area contributed by atoms with E-state index in [4.69, 9.17) is 10.5 Å². The third-order valence-electron chi connectivity index (χ3n) is 3.26. The molecule has 1 aliphatic rings. The smallest absolute Gasteiger partial charge is 0.223 e. The van der Waals surface area contributed by atoms with E-state index >= 15 is 0 Å². The van der Waals surface area contributed by atoms with Gasteiger partial charge in [0.2, 0.25) is 5.91 Å².